The van der Waals surface area contributed by atoms with E-state index in [-0.39, 0.29) is 55.4 Å². The molecule has 0 unspecified atom stereocenters. The first kappa shape index (κ1) is 30.4. The van der Waals surface area contributed by atoms with Gasteiger partial charge in [0.1, 0.15) is 17.7 Å². The van der Waals surface area contributed by atoms with E-state index >= 15 is 0 Å². The standard InChI is InChI=1S/C30H34FN7O7/c1-15-10-18(4-5-20(15)31)12-32-25(41)22-23(39)27(42)38-13-17-6-8-30(9-7-17,29(38)33-22)34-24(40)21-11-19(44-3)14-37(21)28(43)26-36-35-16(2)45-26/h4-5,10,17,19,21,39H,6-9,11-14H2,1-3H3,(H,32,41)(H,34,40)/t17?,19-,21-,30?/m0/s1. The minimum absolute atomic E-state index is 0.00915. The predicted molar refractivity (Wildman–Crippen MR) is 154 cm³/mol. The Bertz CT molecular complexity index is 1730. The summed E-state index contributed by atoms with van der Waals surface area (Å²) in [6.45, 7) is 3.57. The molecule has 1 aromatic carbocycles. The monoisotopic (exact) mass is 623 g/mol. The smallest absolute Gasteiger partial charge is 0.312 e. The van der Waals surface area contributed by atoms with Crippen LogP contribution in [-0.4, -0.2) is 73.3 Å². The van der Waals surface area contributed by atoms with Crippen LogP contribution >= 0.6 is 0 Å². The van der Waals surface area contributed by atoms with Gasteiger partial charge in [-0.2, -0.15) is 0 Å². The molecule has 1 saturated heterocycles. The summed E-state index contributed by atoms with van der Waals surface area (Å²) in [6.07, 6.45) is 2.02. The Balaban J connectivity index is 1.31. The number of nitrogens with zero attached hydrogens (tertiary/aromatic N) is 5. The summed E-state index contributed by atoms with van der Waals surface area (Å²) < 4.78 is 25.9. The highest BCUT2D eigenvalue weighted by atomic mass is 19.1. The molecule has 4 aliphatic rings. The number of benzene rings is 1. The van der Waals surface area contributed by atoms with Crippen LogP contribution in [0, 0.1) is 25.6 Å². The zero-order valence-corrected chi connectivity index (χ0v) is 25.1. The Morgan fingerprint density at radius 2 is 1.93 bits per heavy atom. The van der Waals surface area contributed by atoms with Crippen molar-refractivity contribution in [1.29, 1.82) is 0 Å². The summed E-state index contributed by atoms with van der Waals surface area (Å²) >= 11 is 0. The van der Waals surface area contributed by atoms with Crippen molar-refractivity contribution in [3.8, 4) is 5.75 Å². The fourth-order valence-electron chi connectivity index (χ4n) is 6.60. The number of ether oxygens (including phenoxy) is 1. The molecule has 1 aliphatic carbocycles. The Kier molecular flexibility index (Phi) is 7.89. The number of amides is 3. The van der Waals surface area contributed by atoms with E-state index in [0.717, 1.165) is 0 Å². The summed E-state index contributed by atoms with van der Waals surface area (Å²) in [5.41, 5.74) is -1.35. The van der Waals surface area contributed by atoms with Crippen LogP contribution in [0.25, 0.3) is 0 Å². The van der Waals surface area contributed by atoms with Gasteiger partial charge in [-0.1, -0.05) is 12.1 Å². The van der Waals surface area contributed by atoms with Gasteiger partial charge >= 0.3 is 11.8 Å². The molecule has 3 amide bonds. The van der Waals surface area contributed by atoms with Crippen LogP contribution in [0.3, 0.4) is 0 Å². The molecule has 3 aliphatic heterocycles. The van der Waals surface area contributed by atoms with E-state index in [0.29, 0.717) is 36.8 Å². The van der Waals surface area contributed by atoms with Gasteiger partial charge in [0.05, 0.1) is 11.6 Å². The van der Waals surface area contributed by atoms with Crippen molar-refractivity contribution in [2.45, 2.75) is 76.7 Å². The molecular weight excluding hydrogens is 589 g/mol. The van der Waals surface area contributed by atoms with Crippen LogP contribution in [0.15, 0.2) is 27.4 Å². The number of rotatable bonds is 7. The number of fused-ring (bicyclic) bond motifs is 2. The molecule has 1 saturated carbocycles. The van der Waals surface area contributed by atoms with Crippen LogP contribution in [0.4, 0.5) is 4.39 Å². The molecule has 238 valence electrons. The highest BCUT2D eigenvalue weighted by Crippen LogP contribution is 2.43. The second kappa shape index (κ2) is 11.7. The summed E-state index contributed by atoms with van der Waals surface area (Å²) in [4.78, 5) is 59.9. The van der Waals surface area contributed by atoms with Crippen molar-refractivity contribution in [2.24, 2.45) is 5.92 Å². The van der Waals surface area contributed by atoms with E-state index in [2.05, 4.69) is 25.8 Å². The first-order valence-electron chi connectivity index (χ1n) is 14.8. The molecule has 3 N–H and O–H groups in total. The molecule has 0 spiro atoms. The number of halogens is 1. The number of aromatic nitrogens is 4. The molecule has 5 heterocycles. The van der Waals surface area contributed by atoms with Gasteiger partial charge in [-0.15, -0.1) is 10.2 Å². The highest BCUT2D eigenvalue weighted by Gasteiger charge is 2.49. The number of likely N-dealkylation sites (tertiary alicyclic amines) is 1. The molecule has 45 heavy (non-hydrogen) atoms. The lowest BCUT2D eigenvalue weighted by Crippen LogP contribution is -2.55. The molecule has 0 radical (unpaired) electrons. The van der Waals surface area contributed by atoms with Crippen molar-refractivity contribution in [2.75, 3.05) is 13.7 Å². The lowest BCUT2D eigenvalue weighted by molar-refractivity contribution is -0.127. The van der Waals surface area contributed by atoms with Gasteiger partial charge in [0.25, 0.3) is 11.5 Å². The van der Waals surface area contributed by atoms with Crippen LogP contribution < -0.4 is 16.2 Å². The van der Waals surface area contributed by atoms with Crippen LogP contribution in [0.5, 0.6) is 5.75 Å². The topological polar surface area (TPSA) is 182 Å². The molecule has 2 fully saturated rings. The minimum Gasteiger partial charge on any atom is -0.501 e. The molecule has 2 bridgehead atoms. The van der Waals surface area contributed by atoms with Gasteiger partial charge in [0, 0.05) is 40.1 Å². The Morgan fingerprint density at radius 3 is 2.60 bits per heavy atom. The first-order valence-corrected chi connectivity index (χ1v) is 14.8. The predicted octanol–water partition coefficient (Wildman–Crippen LogP) is 1.46. The average Bonchev–Trinajstić information content (AvgIpc) is 3.60. The van der Waals surface area contributed by atoms with E-state index in [4.69, 9.17) is 9.15 Å². The Hall–Kier alpha value is -4.66. The summed E-state index contributed by atoms with van der Waals surface area (Å²) in [6, 6.07) is 3.46. The first-order chi connectivity index (χ1) is 21.5. The summed E-state index contributed by atoms with van der Waals surface area (Å²) in [5.74, 6) is -2.79. The lowest BCUT2D eigenvalue weighted by Gasteiger charge is -2.38. The zero-order chi connectivity index (χ0) is 32.0. The van der Waals surface area contributed by atoms with E-state index in [1.54, 1.807) is 19.9 Å². The van der Waals surface area contributed by atoms with Crippen molar-refractivity contribution in [1.82, 2.24) is 35.3 Å². The lowest BCUT2D eigenvalue weighted by atomic mass is 9.77. The highest BCUT2D eigenvalue weighted by molar-refractivity contribution is 5.95. The summed E-state index contributed by atoms with van der Waals surface area (Å²) in [5, 5.41) is 24.1. The van der Waals surface area contributed by atoms with Crippen molar-refractivity contribution in [3.63, 3.8) is 0 Å². The number of carbonyl (C=O) groups is 3. The van der Waals surface area contributed by atoms with Crippen molar-refractivity contribution in [3.05, 3.63) is 68.8 Å². The number of aromatic hydroxyl groups is 1. The molecule has 15 heteroatoms. The second-order valence-electron chi connectivity index (χ2n) is 12.0. The van der Waals surface area contributed by atoms with Crippen molar-refractivity contribution >= 4 is 17.7 Å². The van der Waals surface area contributed by atoms with Gasteiger partial charge < -0.3 is 29.8 Å². The van der Waals surface area contributed by atoms with Crippen LogP contribution in [0.2, 0.25) is 0 Å². The maximum absolute atomic E-state index is 14.0. The molecule has 2 aromatic heterocycles. The molecule has 2 atom stereocenters. The largest absolute Gasteiger partial charge is 0.501 e. The number of nitrogens with one attached hydrogen (secondary N) is 2. The minimum atomic E-state index is -1.14. The van der Waals surface area contributed by atoms with E-state index in [1.807, 2.05) is 0 Å². The molecule has 3 aromatic rings. The van der Waals surface area contributed by atoms with E-state index in [1.165, 1.54) is 28.7 Å². The summed E-state index contributed by atoms with van der Waals surface area (Å²) in [7, 11) is 1.50. The fourth-order valence-corrected chi connectivity index (χ4v) is 6.60. The second-order valence-corrected chi connectivity index (χ2v) is 12.0. The number of carbonyl (C=O) groups excluding carboxylic acids is 3. The van der Waals surface area contributed by atoms with Gasteiger partial charge in [-0.25, -0.2) is 9.37 Å². The SMILES string of the molecule is CO[C@H]1C[C@@H](C(=O)NC23CCC(CC2)Cn2c3nc(C(=O)NCc3ccc(F)c(C)c3)c(O)c2=O)N(C(=O)c2nnc(C)o2)C1. The molecular formula is C30H34FN7O7. The third-order valence-corrected chi connectivity index (χ3v) is 9.09. The fraction of sp³-hybridized carbons (Fsp3) is 0.500. The molecule has 14 nitrogen and oxygen atoms in total. The van der Waals surface area contributed by atoms with Gasteiger partial charge in [-0.3, -0.25) is 23.7 Å². The van der Waals surface area contributed by atoms with Gasteiger partial charge in [0.15, 0.2) is 5.69 Å². The van der Waals surface area contributed by atoms with Crippen molar-refractivity contribution < 1.29 is 33.0 Å². The third-order valence-electron chi connectivity index (χ3n) is 9.09. The van der Waals surface area contributed by atoms with E-state index < -0.39 is 52.4 Å². The van der Waals surface area contributed by atoms with E-state index in [9.17, 15) is 28.7 Å². The molecule has 7 rings (SSSR count). The normalized spacial score (nSPS) is 23.8. The quantitative estimate of drug-likeness (QED) is 0.349. The van der Waals surface area contributed by atoms with Gasteiger partial charge in [-0.05, 0) is 55.7 Å². The maximum Gasteiger partial charge on any atom is 0.312 e. The Morgan fingerprint density at radius 1 is 1.18 bits per heavy atom. The van der Waals surface area contributed by atoms with Gasteiger partial charge in [0.2, 0.25) is 17.5 Å². The average molecular weight is 624 g/mol. The number of aryl methyl sites for hydroxylation is 2. The number of hydrogen-bond donors (Lipinski definition) is 3. The zero-order valence-electron chi connectivity index (χ0n) is 25.1. The van der Waals surface area contributed by atoms with Crippen LogP contribution in [0.1, 0.15) is 76.1 Å². The van der Waals surface area contributed by atoms with Crippen LogP contribution in [-0.2, 0) is 28.2 Å². The third kappa shape index (κ3) is 5.56. The number of methoxy groups -OCH3 is 1. The number of hydrogen-bond acceptors (Lipinski definition) is 10. The maximum atomic E-state index is 14.0. The Labute approximate surface area is 257 Å².